The molecule has 0 radical (unpaired) electrons. The predicted octanol–water partition coefficient (Wildman–Crippen LogP) is 2.52. The smallest absolute Gasteiger partial charge is 0.258 e. The molecule has 1 aromatic carbocycles. The minimum Gasteiger partial charge on any atom is -0.452 e. The minimum absolute atomic E-state index is 0.106. The van der Waals surface area contributed by atoms with E-state index in [9.17, 15) is 4.79 Å². The van der Waals surface area contributed by atoms with Crippen molar-refractivity contribution in [2.45, 2.75) is 6.54 Å². The molecule has 108 valence electrons. The lowest BCUT2D eigenvalue weighted by Gasteiger charge is -2.16. The topological polar surface area (TPSA) is 59.5 Å². The molecule has 0 aliphatic heterocycles. The van der Waals surface area contributed by atoms with E-state index in [-0.39, 0.29) is 11.1 Å². The summed E-state index contributed by atoms with van der Waals surface area (Å²) in [6.07, 6.45) is 1.40. The van der Waals surface area contributed by atoms with Crippen molar-refractivity contribution < 1.29 is 9.21 Å². The fraction of sp³-hybridized carbons (Fsp3) is 0.188. The third-order valence-corrected chi connectivity index (χ3v) is 3.17. The van der Waals surface area contributed by atoms with E-state index in [1.807, 2.05) is 24.3 Å². The Morgan fingerprint density at radius 1 is 1.43 bits per heavy atom. The van der Waals surface area contributed by atoms with Gasteiger partial charge in [-0.25, -0.2) is 0 Å². The standard InChI is InChI=1S/C16H15ClN2O2/c1-19(16(20)14-7-9-21-15(14)17)11-13-5-2-4-12(10-13)6-3-8-18/h2,4-5,7,9-10H,8,11,18H2,1H3. The maximum absolute atomic E-state index is 12.2. The first kappa shape index (κ1) is 15.2. The van der Waals surface area contributed by atoms with Gasteiger partial charge in [0.05, 0.1) is 18.4 Å². The molecule has 1 aromatic heterocycles. The van der Waals surface area contributed by atoms with E-state index in [1.54, 1.807) is 18.0 Å². The Kier molecular flexibility index (Phi) is 5.04. The first-order valence-electron chi connectivity index (χ1n) is 6.38. The molecular formula is C16H15ClN2O2. The van der Waals surface area contributed by atoms with Crippen LogP contribution in [0.25, 0.3) is 0 Å². The van der Waals surface area contributed by atoms with Crippen LogP contribution in [0.3, 0.4) is 0 Å². The molecule has 0 aliphatic carbocycles. The van der Waals surface area contributed by atoms with E-state index >= 15 is 0 Å². The van der Waals surface area contributed by atoms with Gasteiger partial charge in [0.25, 0.3) is 5.91 Å². The average molecular weight is 303 g/mol. The zero-order valence-electron chi connectivity index (χ0n) is 11.6. The van der Waals surface area contributed by atoms with E-state index in [0.717, 1.165) is 11.1 Å². The maximum Gasteiger partial charge on any atom is 0.258 e. The molecule has 5 heteroatoms. The number of benzene rings is 1. The van der Waals surface area contributed by atoms with Gasteiger partial charge in [-0.2, -0.15) is 0 Å². The fourth-order valence-corrected chi connectivity index (χ4v) is 2.09. The zero-order chi connectivity index (χ0) is 15.2. The second-order valence-electron chi connectivity index (χ2n) is 4.48. The van der Waals surface area contributed by atoms with Crippen molar-refractivity contribution in [1.82, 2.24) is 4.90 Å². The Bertz CT molecular complexity index is 698. The molecule has 0 fully saturated rings. The largest absolute Gasteiger partial charge is 0.452 e. The summed E-state index contributed by atoms with van der Waals surface area (Å²) in [5.41, 5.74) is 7.57. The molecule has 1 heterocycles. The molecular weight excluding hydrogens is 288 g/mol. The molecule has 4 nitrogen and oxygen atoms in total. The van der Waals surface area contributed by atoms with E-state index in [0.29, 0.717) is 18.7 Å². The number of carbonyl (C=O) groups is 1. The van der Waals surface area contributed by atoms with Crippen LogP contribution in [-0.2, 0) is 6.54 Å². The van der Waals surface area contributed by atoms with Gasteiger partial charge < -0.3 is 15.1 Å². The van der Waals surface area contributed by atoms with Crippen LogP contribution in [0.2, 0.25) is 5.22 Å². The van der Waals surface area contributed by atoms with Gasteiger partial charge in [-0.05, 0) is 35.4 Å². The van der Waals surface area contributed by atoms with Crippen LogP contribution in [0.1, 0.15) is 21.5 Å². The lowest BCUT2D eigenvalue weighted by molar-refractivity contribution is 0.0784. The SMILES string of the molecule is CN(Cc1cccc(C#CCN)c1)C(=O)c1ccoc1Cl. The number of nitrogens with zero attached hydrogens (tertiary/aromatic N) is 1. The molecule has 2 N–H and O–H groups in total. The van der Waals surface area contributed by atoms with Crippen molar-refractivity contribution in [3.8, 4) is 11.8 Å². The van der Waals surface area contributed by atoms with Gasteiger partial charge in [-0.1, -0.05) is 24.0 Å². The number of nitrogens with two attached hydrogens (primary N) is 1. The monoisotopic (exact) mass is 302 g/mol. The number of hydrogen-bond donors (Lipinski definition) is 1. The molecule has 2 rings (SSSR count). The number of rotatable bonds is 3. The Hall–Kier alpha value is -2.22. The van der Waals surface area contributed by atoms with Gasteiger partial charge in [0, 0.05) is 19.2 Å². The maximum atomic E-state index is 12.2. The van der Waals surface area contributed by atoms with Gasteiger partial charge in [-0.3, -0.25) is 4.79 Å². The van der Waals surface area contributed by atoms with Crippen molar-refractivity contribution >= 4 is 17.5 Å². The number of amides is 1. The highest BCUT2D eigenvalue weighted by molar-refractivity contribution is 6.32. The highest BCUT2D eigenvalue weighted by Crippen LogP contribution is 2.19. The number of halogens is 1. The van der Waals surface area contributed by atoms with Gasteiger partial charge in [-0.15, -0.1) is 0 Å². The molecule has 0 aliphatic rings. The van der Waals surface area contributed by atoms with Crippen LogP contribution in [0.5, 0.6) is 0 Å². The zero-order valence-corrected chi connectivity index (χ0v) is 12.4. The second kappa shape index (κ2) is 6.98. The van der Waals surface area contributed by atoms with Crippen LogP contribution in [-0.4, -0.2) is 24.4 Å². The Morgan fingerprint density at radius 2 is 2.24 bits per heavy atom. The third-order valence-electron chi connectivity index (χ3n) is 2.88. The molecule has 0 spiro atoms. The average Bonchev–Trinajstić information content (AvgIpc) is 2.90. The van der Waals surface area contributed by atoms with Crippen LogP contribution >= 0.6 is 11.6 Å². The molecule has 2 aromatic rings. The Morgan fingerprint density at radius 3 is 2.90 bits per heavy atom. The van der Waals surface area contributed by atoms with E-state index in [4.69, 9.17) is 21.8 Å². The Labute approximate surface area is 128 Å². The summed E-state index contributed by atoms with van der Waals surface area (Å²) in [5, 5.41) is 0.106. The molecule has 0 bridgehead atoms. The molecule has 0 unspecified atom stereocenters. The summed E-state index contributed by atoms with van der Waals surface area (Å²) in [7, 11) is 1.71. The quantitative estimate of drug-likeness (QED) is 0.886. The molecule has 0 atom stereocenters. The van der Waals surface area contributed by atoms with Gasteiger partial charge in [0.1, 0.15) is 0 Å². The second-order valence-corrected chi connectivity index (χ2v) is 4.82. The Balaban J connectivity index is 2.11. The van der Waals surface area contributed by atoms with Crippen molar-refractivity contribution in [2.24, 2.45) is 5.73 Å². The number of hydrogen-bond acceptors (Lipinski definition) is 3. The lowest BCUT2D eigenvalue weighted by atomic mass is 10.1. The molecule has 0 saturated heterocycles. The highest BCUT2D eigenvalue weighted by atomic mass is 35.5. The summed E-state index contributed by atoms with van der Waals surface area (Å²) < 4.78 is 4.94. The number of furan rings is 1. The summed E-state index contributed by atoms with van der Waals surface area (Å²) in [4.78, 5) is 13.8. The number of carbonyl (C=O) groups excluding carboxylic acids is 1. The van der Waals surface area contributed by atoms with Crippen molar-refractivity contribution in [3.63, 3.8) is 0 Å². The van der Waals surface area contributed by atoms with Crippen molar-refractivity contribution in [3.05, 3.63) is 58.5 Å². The summed E-state index contributed by atoms with van der Waals surface area (Å²) in [5.74, 6) is 5.59. The lowest BCUT2D eigenvalue weighted by Crippen LogP contribution is -2.26. The first-order chi connectivity index (χ1) is 10.1. The third kappa shape index (κ3) is 3.88. The van der Waals surface area contributed by atoms with Crippen LogP contribution in [0.15, 0.2) is 41.0 Å². The first-order valence-corrected chi connectivity index (χ1v) is 6.76. The van der Waals surface area contributed by atoms with Gasteiger partial charge in [0.2, 0.25) is 5.22 Å². The van der Waals surface area contributed by atoms with E-state index in [1.165, 1.54) is 6.26 Å². The minimum atomic E-state index is -0.188. The predicted molar refractivity (Wildman–Crippen MR) is 81.9 cm³/mol. The summed E-state index contributed by atoms with van der Waals surface area (Å²) in [6.45, 7) is 0.778. The molecule has 0 saturated carbocycles. The summed E-state index contributed by atoms with van der Waals surface area (Å²) in [6, 6.07) is 9.24. The van der Waals surface area contributed by atoms with Gasteiger partial charge >= 0.3 is 0 Å². The molecule has 21 heavy (non-hydrogen) atoms. The fourth-order valence-electron chi connectivity index (χ4n) is 1.90. The molecule has 1 amide bonds. The van der Waals surface area contributed by atoms with Crippen molar-refractivity contribution in [2.75, 3.05) is 13.6 Å². The highest BCUT2D eigenvalue weighted by Gasteiger charge is 2.17. The van der Waals surface area contributed by atoms with Crippen LogP contribution in [0.4, 0.5) is 0 Å². The van der Waals surface area contributed by atoms with E-state index < -0.39 is 0 Å². The van der Waals surface area contributed by atoms with Crippen LogP contribution < -0.4 is 5.73 Å². The van der Waals surface area contributed by atoms with Crippen LogP contribution in [0, 0.1) is 11.8 Å². The van der Waals surface area contributed by atoms with Gasteiger partial charge in [0.15, 0.2) is 0 Å². The summed E-state index contributed by atoms with van der Waals surface area (Å²) >= 11 is 5.82. The van der Waals surface area contributed by atoms with Crippen molar-refractivity contribution in [1.29, 1.82) is 0 Å². The normalized spacial score (nSPS) is 9.86. The van der Waals surface area contributed by atoms with E-state index in [2.05, 4.69) is 11.8 Å².